The normalized spacial score (nSPS) is 14.8. The van der Waals surface area contributed by atoms with Gasteiger partial charge in [-0.3, -0.25) is 9.59 Å². The maximum Gasteiger partial charge on any atom is 0.253 e. The molecule has 1 atom stereocenters. The number of nitrogens with one attached hydrogen (secondary N) is 1. The van der Waals surface area contributed by atoms with Crippen LogP contribution >= 0.6 is 27.7 Å². The number of carbonyl (C=O) groups excluding carboxylic acids is 2. The summed E-state index contributed by atoms with van der Waals surface area (Å²) in [6, 6.07) is 21.3. The molecule has 0 saturated carbocycles. The quantitative estimate of drug-likeness (QED) is 0.265. The Labute approximate surface area is 243 Å². The third-order valence-electron chi connectivity index (χ3n) is 6.55. The van der Waals surface area contributed by atoms with Gasteiger partial charge in [0.05, 0.1) is 24.1 Å². The number of aryl methyl sites for hydroxylation is 1. The van der Waals surface area contributed by atoms with E-state index in [1.165, 1.54) is 36.0 Å². The largest absolute Gasteiger partial charge is 0.345 e. The van der Waals surface area contributed by atoms with Gasteiger partial charge in [-0.2, -0.15) is 5.10 Å². The second-order valence-electron chi connectivity index (χ2n) is 9.36. The minimum absolute atomic E-state index is 0.107. The summed E-state index contributed by atoms with van der Waals surface area (Å²) in [6.07, 6.45) is 0.611. The first-order chi connectivity index (χ1) is 19.3. The van der Waals surface area contributed by atoms with Crippen LogP contribution in [0.1, 0.15) is 45.3 Å². The van der Waals surface area contributed by atoms with Crippen molar-refractivity contribution in [3.8, 4) is 0 Å². The number of hydrogen-bond acceptors (Lipinski definition) is 6. The molecule has 0 fully saturated rings. The second kappa shape index (κ2) is 12.1. The zero-order chi connectivity index (χ0) is 28.2. The third-order valence-corrected chi connectivity index (χ3v) is 8.08. The Balaban J connectivity index is 1.27. The summed E-state index contributed by atoms with van der Waals surface area (Å²) >= 11 is 4.72. The Morgan fingerprint density at radius 3 is 2.55 bits per heavy atom. The van der Waals surface area contributed by atoms with E-state index in [1.54, 1.807) is 16.6 Å². The number of rotatable bonds is 8. The van der Waals surface area contributed by atoms with Crippen LogP contribution in [0.2, 0.25) is 0 Å². The smallest absolute Gasteiger partial charge is 0.253 e. The Morgan fingerprint density at radius 2 is 1.82 bits per heavy atom. The van der Waals surface area contributed by atoms with E-state index in [2.05, 4.69) is 31.4 Å². The van der Waals surface area contributed by atoms with Crippen molar-refractivity contribution in [3.05, 3.63) is 111 Å². The van der Waals surface area contributed by atoms with Gasteiger partial charge in [-0.25, -0.2) is 9.40 Å². The molecule has 0 saturated heterocycles. The number of nitrogens with zero attached hydrogens (tertiary/aromatic N) is 5. The molecular weight excluding hydrogens is 595 g/mol. The molecule has 5 rings (SSSR count). The zero-order valence-electron chi connectivity index (χ0n) is 21.8. The van der Waals surface area contributed by atoms with Gasteiger partial charge in [-0.05, 0) is 48.4 Å². The molecule has 4 aromatic rings. The predicted molar refractivity (Wildman–Crippen MR) is 155 cm³/mol. The third kappa shape index (κ3) is 6.31. The molecule has 8 nitrogen and oxygen atoms in total. The summed E-state index contributed by atoms with van der Waals surface area (Å²) in [5.74, 6) is -0.421. The molecule has 11 heteroatoms. The van der Waals surface area contributed by atoms with E-state index in [1.807, 2.05) is 55.5 Å². The summed E-state index contributed by atoms with van der Waals surface area (Å²) in [5.41, 5.74) is 4.22. The number of aromatic nitrogens is 3. The molecule has 0 bridgehead atoms. The van der Waals surface area contributed by atoms with E-state index in [4.69, 9.17) is 5.10 Å². The van der Waals surface area contributed by atoms with Crippen molar-refractivity contribution in [3.63, 3.8) is 0 Å². The fraction of sp³-hybridized carbons (Fsp3) is 0.207. The van der Waals surface area contributed by atoms with E-state index >= 15 is 0 Å². The van der Waals surface area contributed by atoms with E-state index in [0.717, 1.165) is 26.9 Å². The maximum atomic E-state index is 13.5. The molecule has 2 amide bonds. The van der Waals surface area contributed by atoms with Crippen LogP contribution < -0.4 is 5.32 Å². The van der Waals surface area contributed by atoms with Crippen molar-refractivity contribution in [1.82, 2.24) is 25.1 Å². The summed E-state index contributed by atoms with van der Waals surface area (Å²) in [6.45, 7) is 2.14. The van der Waals surface area contributed by atoms with Crippen molar-refractivity contribution < 1.29 is 14.0 Å². The van der Waals surface area contributed by atoms with Crippen molar-refractivity contribution in [2.45, 2.75) is 31.1 Å². The van der Waals surface area contributed by atoms with Crippen LogP contribution in [0.4, 0.5) is 4.39 Å². The highest BCUT2D eigenvalue weighted by Gasteiger charge is 2.33. The molecule has 204 valence electrons. The molecule has 0 unspecified atom stereocenters. The fourth-order valence-electron chi connectivity index (χ4n) is 4.31. The van der Waals surface area contributed by atoms with Crippen LogP contribution in [0, 0.1) is 12.7 Å². The van der Waals surface area contributed by atoms with Gasteiger partial charge in [0.2, 0.25) is 0 Å². The molecule has 1 N–H and O–H groups in total. The molecule has 0 radical (unpaired) electrons. The van der Waals surface area contributed by atoms with Gasteiger partial charge >= 0.3 is 0 Å². The van der Waals surface area contributed by atoms with E-state index in [0.29, 0.717) is 17.4 Å². The van der Waals surface area contributed by atoms with Gasteiger partial charge in [0.15, 0.2) is 11.0 Å². The van der Waals surface area contributed by atoms with Crippen LogP contribution in [0.25, 0.3) is 0 Å². The summed E-state index contributed by atoms with van der Waals surface area (Å²) in [5, 5.41) is 17.9. The van der Waals surface area contributed by atoms with Crippen LogP contribution in [0.15, 0.2) is 87.5 Å². The first-order valence-corrected chi connectivity index (χ1v) is 14.3. The topological polar surface area (TPSA) is 92.5 Å². The molecule has 3 aromatic carbocycles. The first kappa shape index (κ1) is 27.7. The van der Waals surface area contributed by atoms with Crippen molar-refractivity contribution >= 4 is 45.2 Å². The van der Waals surface area contributed by atoms with Crippen molar-refractivity contribution in [2.24, 2.45) is 12.1 Å². The van der Waals surface area contributed by atoms with E-state index in [-0.39, 0.29) is 29.8 Å². The van der Waals surface area contributed by atoms with Crippen molar-refractivity contribution in [1.29, 1.82) is 0 Å². The number of amides is 2. The Bertz CT molecular complexity index is 1570. The predicted octanol–water partition coefficient (Wildman–Crippen LogP) is 5.43. The highest BCUT2D eigenvalue weighted by molar-refractivity contribution is 9.10. The maximum absolute atomic E-state index is 13.5. The lowest BCUT2D eigenvalue weighted by molar-refractivity contribution is -0.130. The van der Waals surface area contributed by atoms with Gasteiger partial charge in [0.25, 0.3) is 11.8 Å². The highest BCUT2D eigenvalue weighted by atomic mass is 79.9. The molecule has 2 heterocycles. The fourth-order valence-corrected chi connectivity index (χ4v) is 5.36. The molecule has 0 aliphatic carbocycles. The van der Waals surface area contributed by atoms with Crippen LogP contribution in [0.3, 0.4) is 0 Å². The highest BCUT2D eigenvalue weighted by Crippen LogP contribution is 2.34. The second-order valence-corrected chi connectivity index (χ2v) is 11.2. The van der Waals surface area contributed by atoms with Crippen LogP contribution in [-0.2, 0) is 18.4 Å². The van der Waals surface area contributed by atoms with Crippen LogP contribution in [-0.4, -0.2) is 43.1 Å². The standard InChI is InChI=1S/C29H26BrFN6O2S/c1-18-6-8-20(9-7-18)25-15-24(19-10-12-22(30)13-11-19)35-37(25)27(38)17-40-29-34-33-26(36(29)2)16-32-28(39)21-4-3-5-23(31)14-21/h3-14,25H,15-17H2,1-2H3,(H,32,39)/t25-/m1/s1. The Morgan fingerprint density at radius 1 is 1.07 bits per heavy atom. The average molecular weight is 622 g/mol. The van der Waals surface area contributed by atoms with E-state index < -0.39 is 11.7 Å². The van der Waals surface area contributed by atoms with Gasteiger partial charge in [0, 0.05) is 23.5 Å². The first-order valence-electron chi connectivity index (χ1n) is 12.6. The number of halogens is 2. The number of thioether (sulfide) groups is 1. The molecular formula is C29H26BrFN6O2S. The summed E-state index contributed by atoms with van der Waals surface area (Å²) in [4.78, 5) is 25.8. The molecule has 1 aliphatic heterocycles. The number of hydrazone groups is 1. The van der Waals surface area contributed by atoms with Gasteiger partial charge in [-0.15, -0.1) is 10.2 Å². The number of carbonyl (C=O) groups is 2. The summed E-state index contributed by atoms with van der Waals surface area (Å²) < 4.78 is 16.1. The van der Waals surface area contributed by atoms with E-state index in [9.17, 15) is 14.0 Å². The monoisotopic (exact) mass is 620 g/mol. The van der Waals surface area contributed by atoms with Gasteiger partial charge < -0.3 is 9.88 Å². The molecule has 0 spiro atoms. The lowest BCUT2D eigenvalue weighted by atomic mass is 9.98. The lowest BCUT2D eigenvalue weighted by Gasteiger charge is -2.22. The molecule has 40 heavy (non-hydrogen) atoms. The molecule has 1 aromatic heterocycles. The lowest BCUT2D eigenvalue weighted by Crippen LogP contribution is -2.28. The zero-order valence-corrected chi connectivity index (χ0v) is 24.2. The minimum atomic E-state index is -0.481. The Hall–Kier alpha value is -3.83. The minimum Gasteiger partial charge on any atom is -0.345 e. The number of hydrogen-bond donors (Lipinski definition) is 1. The van der Waals surface area contributed by atoms with Gasteiger partial charge in [-0.1, -0.05) is 75.7 Å². The van der Waals surface area contributed by atoms with Gasteiger partial charge in [0.1, 0.15) is 5.82 Å². The SMILES string of the molecule is Cc1ccc([C@H]2CC(c3ccc(Br)cc3)=NN2C(=O)CSc2nnc(CNC(=O)c3cccc(F)c3)n2C)cc1. The van der Waals surface area contributed by atoms with Crippen LogP contribution in [0.5, 0.6) is 0 Å². The Kier molecular flexibility index (Phi) is 8.41. The molecule has 1 aliphatic rings. The number of benzene rings is 3. The van der Waals surface area contributed by atoms with Crippen molar-refractivity contribution in [2.75, 3.05) is 5.75 Å². The summed E-state index contributed by atoms with van der Waals surface area (Å²) in [7, 11) is 1.77. The average Bonchev–Trinajstić information content (AvgIpc) is 3.55.